The van der Waals surface area contributed by atoms with E-state index in [0.29, 0.717) is 5.41 Å². The van der Waals surface area contributed by atoms with Crippen LogP contribution in [0.25, 0.3) is 0 Å². The van der Waals surface area contributed by atoms with Crippen LogP contribution in [0.3, 0.4) is 0 Å². The van der Waals surface area contributed by atoms with Gasteiger partial charge >= 0.3 is 0 Å². The molecule has 0 radical (unpaired) electrons. The molecular formula is C18H23BrO2. The van der Waals surface area contributed by atoms with Gasteiger partial charge in [0.2, 0.25) is 0 Å². The van der Waals surface area contributed by atoms with Gasteiger partial charge < -0.3 is 9.84 Å². The van der Waals surface area contributed by atoms with Crippen molar-refractivity contribution >= 4 is 15.9 Å². The molecule has 2 spiro atoms. The third-order valence-corrected chi connectivity index (χ3v) is 6.61. The van der Waals surface area contributed by atoms with E-state index in [-0.39, 0.29) is 11.7 Å². The SMILES string of the molecule is O[C@@H]1CC2(CCC3(CCCC3)CC2)Oc2cc(Br)ccc21. The van der Waals surface area contributed by atoms with Crippen LogP contribution in [0.1, 0.15) is 69.5 Å². The lowest BCUT2D eigenvalue weighted by atomic mass is 9.65. The summed E-state index contributed by atoms with van der Waals surface area (Å²) >= 11 is 3.51. The summed E-state index contributed by atoms with van der Waals surface area (Å²) in [7, 11) is 0. The summed E-state index contributed by atoms with van der Waals surface area (Å²) < 4.78 is 7.45. The number of fused-ring (bicyclic) bond motifs is 1. The third kappa shape index (κ3) is 2.43. The Labute approximate surface area is 135 Å². The van der Waals surface area contributed by atoms with Crippen molar-refractivity contribution in [3.63, 3.8) is 0 Å². The molecule has 0 bridgehead atoms. The first-order chi connectivity index (χ1) is 10.1. The molecule has 2 saturated carbocycles. The first-order valence-electron chi connectivity index (χ1n) is 8.27. The van der Waals surface area contributed by atoms with Gasteiger partial charge in [-0.1, -0.05) is 34.8 Å². The van der Waals surface area contributed by atoms with Gasteiger partial charge in [0.1, 0.15) is 11.4 Å². The van der Waals surface area contributed by atoms with Crippen molar-refractivity contribution in [2.24, 2.45) is 5.41 Å². The van der Waals surface area contributed by atoms with E-state index in [1.165, 1.54) is 38.5 Å². The van der Waals surface area contributed by atoms with Gasteiger partial charge in [-0.2, -0.15) is 0 Å². The monoisotopic (exact) mass is 350 g/mol. The van der Waals surface area contributed by atoms with Crippen molar-refractivity contribution in [2.75, 3.05) is 0 Å². The minimum atomic E-state index is -0.375. The molecule has 114 valence electrons. The Morgan fingerprint density at radius 3 is 2.48 bits per heavy atom. The number of halogens is 1. The van der Waals surface area contributed by atoms with Gasteiger partial charge in [0, 0.05) is 16.5 Å². The molecular weight excluding hydrogens is 328 g/mol. The minimum absolute atomic E-state index is 0.124. The number of benzene rings is 1. The van der Waals surface area contributed by atoms with E-state index in [0.717, 1.165) is 35.0 Å². The van der Waals surface area contributed by atoms with Crippen LogP contribution in [0.5, 0.6) is 5.75 Å². The highest BCUT2D eigenvalue weighted by Gasteiger charge is 2.48. The predicted octanol–water partition coefficient (Wildman–Crippen LogP) is 5.14. The van der Waals surface area contributed by atoms with Crippen molar-refractivity contribution in [3.05, 3.63) is 28.2 Å². The molecule has 1 atom stereocenters. The Morgan fingerprint density at radius 1 is 1.05 bits per heavy atom. The van der Waals surface area contributed by atoms with Crippen molar-refractivity contribution < 1.29 is 9.84 Å². The third-order valence-electron chi connectivity index (χ3n) is 6.11. The average molecular weight is 351 g/mol. The van der Waals surface area contributed by atoms with Crippen molar-refractivity contribution in [1.82, 2.24) is 0 Å². The molecule has 1 aliphatic heterocycles. The highest BCUT2D eigenvalue weighted by Crippen LogP contribution is 2.55. The smallest absolute Gasteiger partial charge is 0.127 e. The number of hydrogen-bond acceptors (Lipinski definition) is 2. The number of ether oxygens (including phenoxy) is 1. The lowest BCUT2D eigenvalue weighted by Gasteiger charge is -2.48. The Kier molecular flexibility index (Phi) is 3.34. The highest BCUT2D eigenvalue weighted by molar-refractivity contribution is 9.10. The van der Waals surface area contributed by atoms with Crippen LogP contribution in [0.2, 0.25) is 0 Å². The van der Waals surface area contributed by atoms with Crippen LogP contribution in [0.4, 0.5) is 0 Å². The van der Waals surface area contributed by atoms with Crippen LogP contribution in [0.15, 0.2) is 22.7 Å². The fourth-order valence-electron chi connectivity index (χ4n) is 4.78. The summed E-state index contributed by atoms with van der Waals surface area (Å²) in [6.45, 7) is 0. The molecule has 2 nitrogen and oxygen atoms in total. The van der Waals surface area contributed by atoms with Crippen LogP contribution in [-0.4, -0.2) is 10.7 Å². The molecule has 3 aliphatic rings. The number of hydrogen-bond donors (Lipinski definition) is 1. The Bertz CT molecular complexity index is 538. The zero-order valence-corrected chi connectivity index (χ0v) is 14.0. The number of aliphatic hydroxyl groups is 1. The summed E-state index contributed by atoms with van der Waals surface area (Å²) in [4.78, 5) is 0. The number of rotatable bonds is 0. The summed E-state index contributed by atoms with van der Waals surface area (Å²) in [6, 6.07) is 5.98. The van der Waals surface area contributed by atoms with E-state index in [9.17, 15) is 5.11 Å². The van der Waals surface area contributed by atoms with Crippen molar-refractivity contribution in [3.8, 4) is 5.75 Å². The minimum Gasteiger partial charge on any atom is -0.487 e. The second kappa shape index (κ2) is 4.99. The van der Waals surface area contributed by atoms with Gasteiger partial charge in [0.25, 0.3) is 0 Å². The maximum absolute atomic E-state index is 10.5. The van der Waals surface area contributed by atoms with Crippen LogP contribution >= 0.6 is 15.9 Å². The van der Waals surface area contributed by atoms with E-state index >= 15 is 0 Å². The molecule has 1 heterocycles. The number of aliphatic hydroxyl groups excluding tert-OH is 1. The molecule has 1 aromatic rings. The highest BCUT2D eigenvalue weighted by atomic mass is 79.9. The standard InChI is InChI=1S/C18H23BrO2/c19-13-3-4-14-15(20)12-18(21-16(14)11-13)9-7-17(8-10-18)5-1-2-6-17/h3-4,11,15,20H,1-2,5-10,12H2/t15-/m1/s1. The molecule has 21 heavy (non-hydrogen) atoms. The molecule has 4 rings (SSSR count). The Balaban J connectivity index is 1.57. The molecule has 1 aromatic carbocycles. The van der Waals surface area contributed by atoms with Crippen LogP contribution in [-0.2, 0) is 0 Å². The molecule has 3 heteroatoms. The van der Waals surface area contributed by atoms with E-state index in [1.807, 2.05) is 18.2 Å². The molecule has 0 aromatic heterocycles. The molecule has 2 aliphatic carbocycles. The fraction of sp³-hybridized carbons (Fsp3) is 0.667. The van der Waals surface area contributed by atoms with Gasteiger partial charge in [-0.15, -0.1) is 0 Å². The summed E-state index contributed by atoms with van der Waals surface area (Å²) in [6.07, 6.45) is 10.8. The Hall–Kier alpha value is -0.540. The van der Waals surface area contributed by atoms with Gasteiger partial charge in [-0.05, 0) is 56.1 Å². The quantitative estimate of drug-likeness (QED) is 0.701. The first kappa shape index (κ1) is 14.1. The zero-order chi connectivity index (χ0) is 14.5. The van der Waals surface area contributed by atoms with E-state index < -0.39 is 0 Å². The van der Waals surface area contributed by atoms with Gasteiger partial charge in [-0.3, -0.25) is 0 Å². The molecule has 0 unspecified atom stereocenters. The lowest BCUT2D eigenvalue weighted by Crippen LogP contribution is -2.46. The van der Waals surface area contributed by atoms with Gasteiger partial charge in [-0.25, -0.2) is 0 Å². The molecule has 0 saturated heterocycles. The van der Waals surface area contributed by atoms with Crippen molar-refractivity contribution in [2.45, 2.75) is 69.5 Å². The van der Waals surface area contributed by atoms with Crippen LogP contribution in [0, 0.1) is 5.41 Å². The zero-order valence-electron chi connectivity index (χ0n) is 12.4. The Morgan fingerprint density at radius 2 is 1.76 bits per heavy atom. The summed E-state index contributed by atoms with van der Waals surface area (Å²) in [5.74, 6) is 0.880. The summed E-state index contributed by atoms with van der Waals surface area (Å²) in [5.41, 5.74) is 1.43. The maximum atomic E-state index is 10.5. The molecule has 1 N–H and O–H groups in total. The first-order valence-corrected chi connectivity index (χ1v) is 9.06. The van der Waals surface area contributed by atoms with E-state index in [4.69, 9.17) is 4.74 Å². The normalized spacial score (nSPS) is 29.3. The van der Waals surface area contributed by atoms with Gasteiger partial charge in [0.05, 0.1) is 6.10 Å². The van der Waals surface area contributed by atoms with E-state index in [2.05, 4.69) is 15.9 Å². The lowest BCUT2D eigenvalue weighted by molar-refractivity contribution is -0.0622. The van der Waals surface area contributed by atoms with E-state index in [1.54, 1.807) is 0 Å². The molecule has 2 fully saturated rings. The average Bonchev–Trinajstić information content (AvgIpc) is 2.91. The predicted molar refractivity (Wildman–Crippen MR) is 86.4 cm³/mol. The largest absolute Gasteiger partial charge is 0.487 e. The molecule has 0 amide bonds. The second-order valence-corrected chi connectivity index (χ2v) is 8.31. The van der Waals surface area contributed by atoms with Gasteiger partial charge in [0.15, 0.2) is 0 Å². The fourth-order valence-corrected chi connectivity index (χ4v) is 5.12. The maximum Gasteiger partial charge on any atom is 0.127 e. The topological polar surface area (TPSA) is 29.5 Å². The second-order valence-electron chi connectivity index (χ2n) is 7.39. The van der Waals surface area contributed by atoms with Crippen LogP contribution < -0.4 is 4.74 Å². The summed E-state index contributed by atoms with van der Waals surface area (Å²) in [5, 5.41) is 10.5. The van der Waals surface area contributed by atoms with Crippen molar-refractivity contribution in [1.29, 1.82) is 0 Å².